The first kappa shape index (κ1) is 18.3. The van der Waals surface area contributed by atoms with E-state index >= 15 is 0 Å². The number of rotatable bonds is 7. The van der Waals surface area contributed by atoms with Crippen molar-refractivity contribution in [1.82, 2.24) is 19.9 Å². The van der Waals surface area contributed by atoms with Gasteiger partial charge in [-0.25, -0.2) is 15.0 Å². The van der Waals surface area contributed by atoms with E-state index in [0.717, 1.165) is 21.9 Å². The Kier molecular flexibility index (Phi) is 5.48. The minimum absolute atomic E-state index is 0.165. The Labute approximate surface area is 155 Å². The smallest absolute Gasteiger partial charge is 0.252 e. The monoisotopic (exact) mass is 373 g/mol. The lowest BCUT2D eigenvalue weighted by molar-refractivity contribution is 0.878. The van der Waals surface area contributed by atoms with E-state index < -0.39 is 0 Å². The Balaban J connectivity index is 1.74. The fourth-order valence-corrected chi connectivity index (χ4v) is 3.74. The molecule has 0 aliphatic rings. The molecule has 0 amide bonds. The summed E-state index contributed by atoms with van der Waals surface area (Å²) in [6.45, 7) is 7.70. The van der Waals surface area contributed by atoms with Crippen LogP contribution in [0.4, 0.5) is 11.8 Å². The number of nitrogens with zero attached hydrogens (tertiary/aromatic N) is 3. The van der Waals surface area contributed by atoms with Gasteiger partial charge in [0.25, 0.3) is 5.56 Å². The normalized spacial score (nSPS) is 11.1. The van der Waals surface area contributed by atoms with Gasteiger partial charge in [0.05, 0.1) is 5.39 Å². The Morgan fingerprint density at radius 3 is 2.65 bits per heavy atom. The summed E-state index contributed by atoms with van der Waals surface area (Å²) >= 11 is 1.67. The van der Waals surface area contributed by atoms with Gasteiger partial charge in [-0.1, -0.05) is 0 Å². The number of aromatic nitrogens is 4. The van der Waals surface area contributed by atoms with Crippen molar-refractivity contribution in [2.45, 2.75) is 27.2 Å². The molecule has 0 spiro atoms. The molecule has 5 N–H and O–H groups in total. The number of aromatic amines is 1. The molecule has 0 unspecified atom stereocenters. The van der Waals surface area contributed by atoms with Crippen LogP contribution >= 0.6 is 11.3 Å². The van der Waals surface area contributed by atoms with Crippen molar-refractivity contribution >= 4 is 33.3 Å². The van der Waals surface area contributed by atoms with Gasteiger partial charge in [-0.2, -0.15) is 0 Å². The number of nitrogens with two attached hydrogens (primary N) is 1. The summed E-state index contributed by atoms with van der Waals surface area (Å²) in [4.78, 5) is 29.9. The van der Waals surface area contributed by atoms with Gasteiger partial charge in [0, 0.05) is 36.1 Å². The Hall–Kier alpha value is -2.52. The highest BCUT2D eigenvalue weighted by Crippen LogP contribution is 2.33. The van der Waals surface area contributed by atoms with Gasteiger partial charge in [0.15, 0.2) is 0 Å². The predicted molar refractivity (Wildman–Crippen MR) is 106 cm³/mol. The van der Waals surface area contributed by atoms with E-state index in [9.17, 15) is 4.79 Å². The van der Waals surface area contributed by atoms with Crippen molar-refractivity contribution in [1.29, 1.82) is 0 Å². The molecule has 0 aliphatic carbocycles. The summed E-state index contributed by atoms with van der Waals surface area (Å²) in [6.07, 6.45) is 0.646. The van der Waals surface area contributed by atoms with Crippen molar-refractivity contribution in [3.05, 3.63) is 38.4 Å². The van der Waals surface area contributed by atoms with E-state index in [-0.39, 0.29) is 5.56 Å². The quantitative estimate of drug-likeness (QED) is 0.465. The molecule has 0 saturated heterocycles. The SMILES string of the molecule is Cc1cc(=O)[nH]c(NCCNc2nc(CCN)nc3sc(C)c(C)c23)n1. The second-order valence-corrected chi connectivity index (χ2v) is 7.28. The molecule has 0 aromatic carbocycles. The van der Waals surface area contributed by atoms with Crippen LogP contribution in [0.25, 0.3) is 10.2 Å². The molecule has 8 nitrogen and oxygen atoms in total. The fourth-order valence-electron chi connectivity index (χ4n) is 2.69. The number of fused-ring (bicyclic) bond motifs is 1. The lowest BCUT2D eigenvalue weighted by atomic mass is 10.2. The number of aryl methyl sites for hydroxylation is 3. The minimum Gasteiger partial charge on any atom is -0.368 e. The van der Waals surface area contributed by atoms with E-state index in [1.54, 1.807) is 18.3 Å². The van der Waals surface area contributed by atoms with E-state index in [1.165, 1.54) is 16.5 Å². The Morgan fingerprint density at radius 1 is 1.15 bits per heavy atom. The van der Waals surface area contributed by atoms with Crippen LogP contribution in [-0.4, -0.2) is 39.6 Å². The third kappa shape index (κ3) is 4.00. The Bertz CT molecular complexity index is 979. The van der Waals surface area contributed by atoms with Crippen LogP contribution in [0.5, 0.6) is 0 Å². The molecule has 3 rings (SSSR count). The maximum Gasteiger partial charge on any atom is 0.252 e. The third-order valence-electron chi connectivity index (χ3n) is 4.02. The lowest BCUT2D eigenvalue weighted by Gasteiger charge is -2.10. The first-order chi connectivity index (χ1) is 12.5. The van der Waals surface area contributed by atoms with Crippen molar-refractivity contribution in [2.24, 2.45) is 5.73 Å². The zero-order chi connectivity index (χ0) is 18.7. The summed E-state index contributed by atoms with van der Waals surface area (Å²) in [5.74, 6) is 2.05. The fraction of sp³-hybridized carbons (Fsp3) is 0.412. The van der Waals surface area contributed by atoms with E-state index in [4.69, 9.17) is 5.73 Å². The summed E-state index contributed by atoms with van der Waals surface area (Å²) < 4.78 is 0. The van der Waals surface area contributed by atoms with Gasteiger partial charge in [-0.05, 0) is 32.9 Å². The molecule has 3 aromatic heterocycles. The number of hydrogen-bond donors (Lipinski definition) is 4. The molecule has 26 heavy (non-hydrogen) atoms. The molecule has 3 aromatic rings. The van der Waals surface area contributed by atoms with E-state index in [0.29, 0.717) is 37.7 Å². The van der Waals surface area contributed by atoms with Gasteiger partial charge >= 0.3 is 0 Å². The zero-order valence-corrected chi connectivity index (χ0v) is 16.0. The second-order valence-electron chi connectivity index (χ2n) is 6.08. The van der Waals surface area contributed by atoms with Gasteiger partial charge in [-0.15, -0.1) is 11.3 Å². The first-order valence-corrected chi connectivity index (χ1v) is 9.32. The predicted octanol–water partition coefficient (Wildman–Crippen LogP) is 1.73. The highest BCUT2D eigenvalue weighted by atomic mass is 32.1. The molecule has 0 radical (unpaired) electrons. The molecular weight excluding hydrogens is 350 g/mol. The summed E-state index contributed by atoms with van der Waals surface area (Å²) in [5.41, 5.74) is 7.37. The highest BCUT2D eigenvalue weighted by molar-refractivity contribution is 7.18. The van der Waals surface area contributed by atoms with Crippen molar-refractivity contribution in [3.63, 3.8) is 0 Å². The first-order valence-electron chi connectivity index (χ1n) is 8.50. The van der Waals surface area contributed by atoms with Crippen LogP contribution in [-0.2, 0) is 6.42 Å². The van der Waals surface area contributed by atoms with Crippen molar-refractivity contribution in [2.75, 3.05) is 30.3 Å². The molecule has 0 saturated carbocycles. The maximum atomic E-state index is 11.5. The second kappa shape index (κ2) is 7.79. The molecule has 0 aliphatic heterocycles. The number of thiophene rings is 1. The molecule has 9 heteroatoms. The molecule has 3 heterocycles. The standard InChI is InChI=1S/C17H23N7OS/c1-9-8-13(25)24-17(21-9)20-7-6-19-15-14-10(2)11(3)26-16(14)23-12(22-15)4-5-18/h8H,4-7,18H2,1-3H3,(H,19,22,23)(H2,20,21,24,25). The number of hydrogen-bond acceptors (Lipinski definition) is 8. The summed E-state index contributed by atoms with van der Waals surface area (Å²) in [5, 5.41) is 7.55. The molecular formula is C17H23N7OS. The van der Waals surface area contributed by atoms with Gasteiger partial charge in [-0.3, -0.25) is 9.78 Å². The van der Waals surface area contributed by atoms with Crippen LogP contribution in [0, 0.1) is 20.8 Å². The van der Waals surface area contributed by atoms with Crippen molar-refractivity contribution < 1.29 is 0 Å². The van der Waals surface area contributed by atoms with Crippen LogP contribution in [0.1, 0.15) is 22.0 Å². The van der Waals surface area contributed by atoms with Crippen LogP contribution < -0.4 is 21.9 Å². The van der Waals surface area contributed by atoms with Gasteiger partial charge in [0.1, 0.15) is 16.5 Å². The van der Waals surface area contributed by atoms with Gasteiger partial charge in [0.2, 0.25) is 5.95 Å². The lowest BCUT2D eigenvalue weighted by Crippen LogP contribution is -2.19. The topological polar surface area (TPSA) is 122 Å². The molecule has 0 bridgehead atoms. The maximum absolute atomic E-state index is 11.5. The number of H-pyrrole nitrogens is 1. The summed E-state index contributed by atoms with van der Waals surface area (Å²) in [7, 11) is 0. The van der Waals surface area contributed by atoms with E-state index in [2.05, 4.69) is 44.4 Å². The molecule has 138 valence electrons. The van der Waals surface area contributed by atoms with Gasteiger partial charge < -0.3 is 16.4 Å². The van der Waals surface area contributed by atoms with Crippen LogP contribution in [0.2, 0.25) is 0 Å². The third-order valence-corrected chi connectivity index (χ3v) is 5.12. The average molecular weight is 373 g/mol. The highest BCUT2D eigenvalue weighted by Gasteiger charge is 2.14. The van der Waals surface area contributed by atoms with Crippen molar-refractivity contribution in [3.8, 4) is 0 Å². The van der Waals surface area contributed by atoms with Crippen LogP contribution in [0.15, 0.2) is 10.9 Å². The average Bonchev–Trinajstić information content (AvgIpc) is 2.85. The molecule has 0 fully saturated rings. The number of nitrogens with one attached hydrogen (secondary N) is 3. The largest absolute Gasteiger partial charge is 0.368 e. The van der Waals surface area contributed by atoms with E-state index in [1.807, 2.05) is 0 Å². The zero-order valence-electron chi connectivity index (χ0n) is 15.1. The molecule has 0 atom stereocenters. The minimum atomic E-state index is -0.165. The number of anilines is 2. The summed E-state index contributed by atoms with van der Waals surface area (Å²) in [6, 6.07) is 1.46. The van der Waals surface area contributed by atoms with Crippen LogP contribution in [0.3, 0.4) is 0 Å². The Morgan fingerprint density at radius 2 is 1.92 bits per heavy atom.